The van der Waals surface area contributed by atoms with Gasteiger partial charge in [-0.15, -0.1) is 0 Å². The van der Waals surface area contributed by atoms with Gasteiger partial charge < -0.3 is 30.8 Å². The molecule has 0 saturated carbocycles. The van der Waals surface area contributed by atoms with Gasteiger partial charge in [0.15, 0.2) is 0 Å². The van der Waals surface area contributed by atoms with Crippen LogP contribution in [0.1, 0.15) is 16.1 Å². The Kier molecular flexibility index (Phi) is 7.03. The number of pyridine rings is 1. The fourth-order valence-corrected chi connectivity index (χ4v) is 3.26. The monoisotopic (exact) mass is 475 g/mol. The molecule has 10 heteroatoms. The smallest absolute Gasteiger partial charge is 0.354 e. The van der Waals surface area contributed by atoms with Gasteiger partial charge in [-0.25, -0.2) is 14.0 Å². The van der Waals surface area contributed by atoms with Crippen LogP contribution in [-0.4, -0.2) is 29.1 Å². The van der Waals surface area contributed by atoms with Crippen molar-refractivity contribution >= 4 is 23.4 Å². The Balaban J connectivity index is 1.44. The van der Waals surface area contributed by atoms with Crippen LogP contribution in [0.3, 0.4) is 0 Å². The SMILES string of the molecule is COC(=O)c1cc(-c2cc(Oc3cccc(NC(=O)Nc4cc(CN)ccc4F)c3)ccn2)c[nH]1. The quantitative estimate of drug-likeness (QED) is 0.281. The Morgan fingerprint density at radius 2 is 1.89 bits per heavy atom. The molecule has 2 aromatic heterocycles. The molecule has 0 bridgehead atoms. The van der Waals surface area contributed by atoms with Gasteiger partial charge in [0, 0.05) is 42.3 Å². The van der Waals surface area contributed by atoms with Crippen LogP contribution in [0.25, 0.3) is 11.3 Å². The average molecular weight is 475 g/mol. The zero-order chi connectivity index (χ0) is 24.8. The van der Waals surface area contributed by atoms with Crippen molar-refractivity contribution in [1.29, 1.82) is 0 Å². The number of benzene rings is 2. The number of amides is 2. The molecule has 9 nitrogen and oxygen atoms in total. The minimum Gasteiger partial charge on any atom is -0.464 e. The molecule has 0 aliphatic carbocycles. The highest BCUT2D eigenvalue weighted by molar-refractivity contribution is 6.00. The van der Waals surface area contributed by atoms with Gasteiger partial charge in [0.05, 0.1) is 18.5 Å². The van der Waals surface area contributed by atoms with Gasteiger partial charge in [-0.05, 0) is 42.0 Å². The fraction of sp³-hybridized carbons (Fsp3) is 0.0800. The number of urea groups is 1. The van der Waals surface area contributed by atoms with Crippen LogP contribution < -0.4 is 21.1 Å². The van der Waals surface area contributed by atoms with Crippen LogP contribution in [0.15, 0.2) is 73.1 Å². The third-order valence-corrected chi connectivity index (χ3v) is 4.96. The van der Waals surface area contributed by atoms with Crippen molar-refractivity contribution in [3.05, 3.63) is 90.1 Å². The Bertz CT molecular complexity index is 1370. The highest BCUT2D eigenvalue weighted by Crippen LogP contribution is 2.28. The molecule has 2 amide bonds. The van der Waals surface area contributed by atoms with Crippen LogP contribution >= 0.6 is 0 Å². The molecule has 5 N–H and O–H groups in total. The van der Waals surface area contributed by atoms with Gasteiger partial charge in [-0.3, -0.25) is 4.98 Å². The maximum absolute atomic E-state index is 14.0. The minimum atomic E-state index is -0.615. The second kappa shape index (κ2) is 10.5. The standard InChI is InChI=1S/C25H22FN5O4/c1-34-24(32)23-10-16(14-29-23)21-12-19(7-8-28-21)35-18-4-2-3-17(11-18)30-25(33)31-22-9-15(13-27)5-6-20(22)26/h2-12,14,29H,13,27H2,1H3,(H2,30,31,33). The number of esters is 1. The Hall–Kier alpha value is -4.70. The van der Waals surface area contributed by atoms with E-state index in [-0.39, 0.29) is 12.2 Å². The number of H-pyrrole nitrogens is 1. The molecule has 178 valence electrons. The first-order valence-corrected chi connectivity index (χ1v) is 10.5. The lowest BCUT2D eigenvalue weighted by Gasteiger charge is -2.11. The first-order valence-electron chi connectivity index (χ1n) is 10.5. The molecular weight excluding hydrogens is 453 g/mol. The van der Waals surface area contributed by atoms with Crippen molar-refractivity contribution in [3.8, 4) is 22.8 Å². The van der Waals surface area contributed by atoms with Gasteiger partial charge in [-0.2, -0.15) is 0 Å². The molecule has 0 aliphatic heterocycles. The number of methoxy groups -OCH3 is 1. The number of carbonyl (C=O) groups excluding carboxylic acids is 2. The number of hydrogen-bond donors (Lipinski definition) is 4. The van der Waals surface area contributed by atoms with Crippen LogP contribution in [0.2, 0.25) is 0 Å². The normalized spacial score (nSPS) is 10.5. The lowest BCUT2D eigenvalue weighted by atomic mass is 10.2. The number of nitrogens with two attached hydrogens (primary N) is 1. The molecule has 2 aromatic carbocycles. The summed E-state index contributed by atoms with van der Waals surface area (Å²) < 4.78 is 24.6. The number of nitrogens with zero attached hydrogens (tertiary/aromatic N) is 1. The second-order valence-corrected chi connectivity index (χ2v) is 7.40. The molecule has 35 heavy (non-hydrogen) atoms. The summed E-state index contributed by atoms with van der Waals surface area (Å²) in [6.07, 6.45) is 3.22. The number of ether oxygens (including phenoxy) is 2. The number of hydrogen-bond acceptors (Lipinski definition) is 6. The van der Waals surface area contributed by atoms with Gasteiger partial charge in [0.2, 0.25) is 0 Å². The van der Waals surface area contributed by atoms with Crippen molar-refractivity contribution in [3.63, 3.8) is 0 Å². The molecule has 0 spiro atoms. The Morgan fingerprint density at radius 1 is 1.06 bits per heavy atom. The lowest BCUT2D eigenvalue weighted by molar-refractivity contribution is 0.0595. The first kappa shape index (κ1) is 23.5. The first-order chi connectivity index (χ1) is 16.9. The van der Waals surface area contributed by atoms with E-state index in [2.05, 4.69) is 20.6 Å². The van der Waals surface area contributed by atoms with Gasteiger partial charge >= 0.3 is 12.0 Å². The van der Waals surface area contributed by atoms with Gasteiger partial charge in [0.1, 0.15) is 23.0 Å². The number of anilines is 2. The van der Waals surface area contributed by atoms with E-state index in [1.807, 2.05) is 0 Å². The zero-order valence-electron chi connectivity index (χ0n) is 18.7. The average Bonchev–Trinajstić information content (AvgIpc) is 3.36. The minimum absolute atomic E-state index is 0.0299. The van der Waals surface area contributed by atoms with Crippen molar-refractivity contribution in [2.24, 2.45) is 5.73 Å². The van der Waals surface area contributed by atoms with E-state index in [9.17, 15) is 14.0 Å². The highest BCUT2D eigenvalue weighted by Gasteiger charge is 2.12. The largest absolute Gasteiger partial charge is 0.464 e. The number of aromatic amines is 1. The topological polar surface area (TPSA) is 131 Å². The van der Waals surface area contributed by atoms with Crippen LogP contribution in [-0.2, 0) is 11.3 Å². The van der Waals surface area contributed by atoms with E-state index < -0.39 is 17.8 Å². The number of rotatable bonds is 7. The molecule has 0 radical (unpaired) electrons. The van der Waals surface area contributed by atoms with Gasteiger partial charge in [0.25, 0.3) is 0 Å². The van der Waals surface area contributed by atoms with E-state index in [1.165, 1.54) is 19.2 Å². The second-order valence-electron chi connectivity index (χ2n) is 7.40. The maximum Gasteiger partial charge on any atom is 0.354 e. The van der Waals surface area contributed by atoms with E-state index in [4.69, 9.17) is 15.2 Å². The predicted molar refractivity (Wildman–Crippen MR) is 129 cm³/mol. The van der Waals surface area contributed by atoms with Crippen LogP contribution in [0.4, 0.5) is 20.6 Å². The molecular formula is C25H22FN5O4. The molecule has 0 aliphatic rings. The van der Waals surface area contributed by atoms with E-state index in [0.717, 1.165) is 0 Å². The molecule has 4 aromatic rings. The third kappa shape index (κ3) is 5.81. The summed E-state index contributed by atoms with van der Waals surface area (Å²) >= 11 is 0. The number of carbonyl (C=O) groups is 2. The third-order valence-electron chi connectivity index (χ3n) is 4.96. The van der Waals surface area contributed by atoms with Crippen molar-refractivity contribution in [2.75, 3.05) is 17.7 Å². The summed E-state index contributed by atoms with van der Waals surface area (Å²) in [4.78, 5) is 31.2. The Morgan fingerprint density at radius 3 is 2.69 bits per heavy atom. The van der Waals surface area contributed by atoms with Gasteiger partial charge in [-0.1, -0.05) is 12.1 Å². The molecule has 0 saturated heterocycles. The van der Waals surface area contributed by atoms with Crippen molar-refractivity contribution in [2.45, 2.75) is 6.54 Å². The van der Waals surface area contributed by atoms with Crippen LogP contribution in [0, 0.1) is 5.82 Å². The fourth-order valence-electron chi connectivity index (χ4n) is 3.26. The maximum atomic E-state index is 14.0. The summed E-state index contributed by atoms with van der Waals surface area (Å²) in [5, 5.41) is 5.13. The number of nitrogens with one attached hydrogen (secondary N) is 3. The zero-order valence-corrected chi connectivity index (χ0v) is 18.7. The Labute approximate surface area is 200 Å². The molecule has 0 atom stereocenters. The summed E-state index contributed by atoms with van der Waals surface area (Å²) in [6, 6.07) is 15.4. The predicted octanol–water partition coefficient (Wildman–Crippen LogP) is 4.90. The molecule has 2 heterocycles. The number of aromatic nitrogens is 2. The molecule has 0 fully saturated rings. The lowest BCUT2D eigenvalue weighted by Crippen LogP contribution is -2.20. The number of halogens is 1. The summed E-state index contributed by atoms with van der Waals surface area (Å²) in [7, 11) is 1.31. The summed E-state index contributed by atoms with van der Waals surface area (Å²) in [6.45, 7) is 0.225. The van der Waals surface area contributed by atoms with E-state index in [0.29, 0.717) is 39.7 Å². The molecule has 4 rings (SSSR count). The summed E-state index contributed by atoms with van der Waals surface area (Å²) in [5.41, 5.74) is 8.32. The van der Waals surface area contributed by atoms with E-state index >= 15 is 0 Å². The van der Waals surface area contributed by atoms with Crippen molar-refractivity contribution < 1.29 is 23.5 Å². The van der Waals surface area contributed by atoms with Crippen LogP contribution in [0.5, 0.6) is 11.5 Å². The highest BCUT2D eigenvalue weighted by atomic mass is 19.1. The van der Waals surface area contributed by atoms with E-state index in [1.54, 1.807) is 60.9 Å². The molecule has 0 unspecified atom stereocenters. The van der Waals surface area contributed by atoms with Crippen molar-refractivity contribution in [1.82, 2.24) is 9.97 Å². The summed E-state index contributed by atoms with van der Waals surface area (Å²) in [5.74, 6) is -0.0884.